The van der Waals surface area contributed by atoms with Crippen molar-refractivity contribution in [3.63, 3.8) is 0 Å². The monoisotopic (exact) mass is 347 g/mol. The number of aliphatic hydroxyl groups is 1. The predicted octanol–water partition coefficient (Wildman–Crippen LogP) is -1.20. The van der Waals surface area contributed by atoms with Gasteiger partial charge in [0.05, 0.1) is 7.05 Å². The van der Waals surface area contributed by atoms with E-state index in [1.165, 1.54) is 0 Å². The van der Waals surface area contributed by atoms with Crippen LogP contribution in [0.15, 0.2) is 48.5 Å². The van der Waals surface area contributed by atoms with E-state index in [-0.39, 0.29) is 19.0 Å². The number of nitrogen functional groups attached to an aromatic ring is 1. The van der Waals surface area contributed by atoms with Gasteiger partial charge in [-0.05, 0) is 30.7 Å². The van der Waals surface area contributed by atoms with Crippen LogP contribution in [-0.2, 0) is 13.6 Å². The first kappa shape index (κ1) is 18.1. The van der Waals surface area contributed by atoms with E-state index >= 15 is 0 Å². The maximum atomic E-state index is 10.3. The maximum absolute atomic E-state index is 10.3. The lowest BCUT2D eigenvalue weighted by Crippen LogP contribution is -3.00. The zero-order valence-corrected chi connectivity index (χ0v) is 14.6. The number of halogens is 1. The number of rotatable bonds is 5. The lowest BCUT2D eigenvalue weighted by Gasteiger charge is -2.13. The summed E-state index contributed by atoms with van der Waals surface area (Å²) in [6, 6.07) is 15.7. The van der Waals surface area contributed by atoms with Crippen LogP contribution in [0, 0.1) is 6.92 Å². The molecule has 128 valence electrons. The third-order valence-electron chi connectivity index (χ3n) is 4.07. The molecular formula is C18H22ClN3O2. The average molecular weight is 348 g/mol. The summed E-state index contributed by atoms with van der Waals surface area (Å²) < 4.78 is 9.56. The summed E-state index contributed by atoms with van der Waals surface area (Å²) in [6.07, 6.45) is -0.646. The quantitative estimate of drug-likeness (QED) is 0.570. The van der Waals surface area contributed by atoms with Crippen LogP contribution in [0.1, 0.15) is 5.56 Å². The Hall–Kier alpha value is -2.24. The molecule has 3 N–H and O–H groups in total. The smallest absolute Gasteiger partial charge is 0.355 e. The van der Waals surface area contributed by atoms with Gasteiger partial charge in [0.15, 0.2) is 0 Å². The van der Waals surface area contributed by atoms with Crippen LogP contribution in [0.4, 0.5) is 5.95 Å². The molecule has 5 nitrogen and oxygen atoms in total. The topological polar surface area (TPSA) is 64.3 Å². The molecule has 0 saturated carbocycles. The van der Waals surface area contributed by atoms with Crippen molar-refractivity contribution in [2.75, 3.05) is 12.3 Å². The van der Waals surface area contributed by atoms with Gasteiger partial charge in [0.1, 0.15) is 36.0 Å². The number of anilines is 1. The van der Waals surface area contributed by atoms with Crippen molar-refractivity contribution in [3.05, 3.63) is 54.1 Å². The number of hydrogen-bond acceptors (Lipinski definition) is 3. The van der Waals surface area contributed by atoms with Gasteiger partial charge in [-0.1, -0.05) is 30.3 Å². The van der Waals surface area contributed by atoms with Crippen molar-refractivity contribution < 1.29 is 26.8 Å². The molecule has 3 rings (SSSR count). The number of nitrogens with zero attached hydrogens (tertiary/aromatic N) is 2. The van der Waals surface area contributed by atoms with Crippen molar-refractivity contribution in [2.45, 2.75) is 19.6 Å². The molecular weight excluding hydrogens is 326 g/mol. The van der Waals surface area contributed by atoms with E-state index in [4.69, 9.17) is 10.5 Å². The molecule has 0 aliphatic rings. The lowest BCUT2D eigenvalue weighted by atomic mass is 10.2. The van der Waals surface area contributed by atoms with E-state index in [1.54, 1.807) is 0 Å². The highest BCUT2D eigenvalue weighted by atomic mass is 35.5. The van der Waals surface area contributed by atoms with Crippen LogP contribution >= 0.6 is 0 Å². The van der Waals surface area contributed by atoms with Gasteiger partial charge in [-0.15, -0.1) is 0 Å². The van der Waals surface area contributed by atoms with Gasteiger partial charge >= 0.3 is 5.95 Å². The molecule has 0 aliphatic carbocycles. The van der Waals surface area contributed by atoms with Gasteiger partial charge in [-0.3, -0.25) is 5.73 Å². The second-order valence-corrected chi connectivity index (χ2v) is 5.75. The number of fused-ring (bicyclic) bond motifs is 1. The van der Waals surface area contributed by atoms with Gasteiger partial charge in [0, 0.05) is 0 Å². The Labute approximate surface area is 147 Å². The minimum Gasteiger partial charge on any atom is -1.00 e. The Kier molecular flexibility index (Phi) is 5.70. The fourth-order valence-electron chi connectivity index (χ4n) is 2.76. The van der Waals surface area contributed by atoms with Crippen molar-refractivity contribution in [2.24, 2.45) is 7.05 Å². The number of ether oxygens (including phenoxy) is 1. The second kappa shape index (κ2) is 7.55. The highest BCUT2D eigenvalue weighted by Crippen LogP contribution is 2.18. The van der Waals surface area contributed by atoms with E-state index in [1.807, 2.05) is 71.6 Å². The van der Waals surface area contributed by atoms with Crippen LogP contribution in [-0.4, -0.2) is 22.4 Å². The molecule has 0 spiro atoms. The molecule has 0 bridgehead atoms. The molecule has 6 heteroatoms. The maximum Gasteiger partial charge on any atom is 0.355 e. The Morgan fingerprint density at radius 2 is 1.83 bits per heavy atom. The van der Waals surface area contributed by atoms with E-state index in [0.717, 1.165) is 22.3 Å². The van der Waals surface area contributed by atoms with Crippen molar-refractivity contribution in [1.29, 1.82) is 0 Å². The summed E-state index contributed by atoms with van der Waals surface area (Å²) in [4.78, 5) is 0. The predicted molar refractivity (Wildman–Crippen MR) is 90.2 cm³/mol. The highest BCUT2D eigenvalue weighted by Gasteiger charge is 2.20. The number of aromatic nitrogens is 2. The van der Waals surface area contributed by atoms with Gasteiger partial charge in [0.2, 0.25) is 0 Å². The normalized spacial score (nSPS) is 12.0. The molecule has 1 unspecified atom stereocenters. The minimum absolute atomic E-state index is 0. The van der Waals surface area contributed by atoms with Crippen LogP contribution in [0.3, 0.4) is 0 Å². The number of para-hydroxylation sites is 3. The highest BCUT2D eigenvalue weighted by molar-refractivity contribution is 5.73. The molecule has 0 aliphatic heterocycles. The largest absolute Gasteiger partial charge is 1.00 e. The Morgan fingerprint density at radius 3 is 2.58 bits per heavy atom. The first-order valence-corrected chi connectivity index (χ1v) is 7.67. The van der Waals surface area contributed by atoms with Crippen molar-refractivity contribution in [1.82, 2.24) is 4.57 Å². The molecule has 24 heavy (non-hydrogen) atoms. The second-order valence-electron chi connectivity index (χ2n) is 5.75. The van der Waals surface area contributed by atoms with Gasteiger partial charge in [-0.25, -0.2) is 9.13 Å². The molecule has 3 aromatic rings. The Morgan fingerprint density at radius 1 is 1.17 bits per heavy atom. The summed E-state index contributed by atoms with van der Waals surface area (Å²) in [5, 5.41) is 10.3. The number of imidazole rings is 1. The summed E-state index contributed by atoms with van der Waals surface area (Å²) in [5.74, 6) is 1.41. The van der Waals surface area contributed by atoms with E-state index in [2.05, 4.69) is 0 Å². The van der Waals surface area contributed by atoms with Crippen LogP contribution < -0.4 is 27.4 Å². The Balaban J connectivity index is 0.00000208. The molecule has 2 aromatic carbocycles. The first-order chi connectivity index (χ1) is 11.1. The van der Waals surface area contributed by atoms with Crippen LogP contribution in [0.2, 0.25) is 0 Å². The lowest BCUT2D eigenvalue weighted by molar-refractivity contribution is -0.630. The molecule has 0 saturated heterocycles. The van der Waals surface area contributed by atoms with Crippen LogP contribution in [0.5, 0.6) is 5.75 Å². The standard InChI is InChI=1S/C18H21N3O2.ClH/c1-13-7-3-6-10-17(13)23-12-14(22)11-21-16-9-5-4-8-15(16)20(2)18(21)19;/h3-10,14,19,22H,11-12H2,1-2H3;1H. The molecule has 0 amide bonds. The number of hydrogen-bond donors (Lipinski definition) is 2. The van der Waals surface area contributed by atoms with E-state index in [9.17, 15) is 5.11 Å². The van der Waals surface area contributed by atoms with Gasteiger partial charge < -0.3 is 22.3 Å². The number of aryl methyl sites for hydroxylation is 2. The Bertz CT molecular complexity index is 832. The fourth-order valence-corrected chi connectivity index (χ4v) is 2.76. The molecule has 1 heterocycles. The first-order valence-electron chi connectivity index (χ1n) is 7.67. The zero-order valence-electron chi connectivity index (χ0n) is 13.8. The van der Waals surface area contributed by atoms with Crippen molar-refractivity contribution in [3.8, 4) is 5.75 Å². The molecule has 0 radical (unpaired) electrons. The average Bonchev–Trinajstić information content (AvgIpc) is 2.80. The molecule has 1 atom stereocenters. The zero-order chi connectivity index (χ0) is 16.4. The summed E-state index contributed by atoms with van der Waals surface area (Å²) in [7, 11) is 1.92. The van der Waals surface area contributed by atoms with Crippen molar-refractivity contribution >= 4 is 17.0 Å². The third kappa shape index (κ3) is 3.47. The minimum atomic E-state index is -0.646. The van der Waals surface area contributed by atoms with Gasteiger partial charge in [-0.2, -0.15) is 0 Å². The van der Waals surface area contributed by atoms with Crippen LogP contribution in [0.25, 0.3) is 11.0 Å². The summed E-state index contributed by atoms with van der Waals surface area (Å²) in [6.45, 7) is 2.60. The summed E-state index contributed by atoms with van der Waals surface area (Å²) in [5.41, 5.74) is 9.26. The van der Waals surface area contributed by atoms with Gasteiger partial charge in [0.25, 0.3) is 0 Å². The third-order valence-corrected chi connectivity index (χ3v) is 4.07. The molecule has 1 aromatic heterocycles. The summed E-state index contributed by atoms with van der Waals surface area (Å²) >= 11 is 0. The number of aliphatic hydroxyl groups excluding tert-OH is 1. The van der Waals surface area contributed by atoms with E-state index < -0.39 is 6.10 Å². The van der Waals surface area contributed by atoms with E-state index in [0.29, 0.717) is 12.5 Å². The number of nitrogens with two attached hydrogens (primary N) is 1. The number of benzene rings is 2. The SMILES string of the molecule is Cc1ccccc1OCC(O)Cn1c(N)[n+](C)c2ccccc21.[Cl-]. The molecule has 0 fully saturated rings. The fraction of sp³-hybridized carbons (Fsp3) is 0.278.